The van der Waals surface area contributed by atoms with Gasteiger partial charge in [0, 0.05) is 32.7 Å². The number of halogens is 2. The average molecular weight is 473 g/mol. The molecule has 0 saturated carbocycles. The molecule has 1 aromatic carbocycles. The first-order valence-corrected chi connectivity index (χ1v) is 11.7. The molecule has 0 unspecified atom stereocenters. The van der Waals surface area contributed by atoms with Gasteiger partial charge in [0.15, 0.2) is 11.3 Å². The topological polar surface area (TPSA) is 80.5 Å². The molecule has 3 heterocycles. The lowest BCUT2D eigenvalue weighted by atomic mass is 9.90. The van der Waals surface area contributed by atoms with E-state index in [-0.39, 0.29) is 17.4 Å². The Morgan fingerprint density at radius 2 is 1.91 bits per heavy atom. The van der Waals surface area contributed by atoms with Gasteiger partial charge in [-0.3, -0.25) is 0 Å². The second kappa shape index (κ2) is 9.66. The Morgan fingerprint density at radius 1 is 1.24 bits per heavy atom. The van der Waals surface area contributed by atoms with Gasteiger partial charge in [0.25, 0.3) is 0 Å². The highest BCUT2D eigenvalue weighted by molar-refractivity contribution is 5.98. The van der Waals surface area contributed by atoms with E-state index in [0.717, 1.165) is 11.1 Å². The van der Waals surface area contributed by atoms with Crippen LogP contribution >= 0.6 is 0 Å². The smallest absolute Gasteiger partial charge is 0.354 e. The Morgan fingerprint density at radius 3 is 2.50 bits per heavy atom. The Bertz CT molecular complexity index is 1170. The molecule has 0 atom stereocenters. The molecule has 7 nitrogen and oxygen atoms in total. The highest BCUT2D eigenvalue weighted by Crippen LogP contribution is 2.38. The molecule has 1 aliphatic heterocycles. The van der Waals surface area contributed by atoms with Crippen molar-refractivity contribution in [1.29, 1.82) is 0 Å². The van der Waals surface area contributed by atoms with E-state index in [9.17, 15) is 14.3 Å². The quantitative estimate of drug-likeness (QED) is 0.459. The number of hydrogen-bond acceptors (Lipinski definition) is 5. The number of rotatable bonds is 8. The number of fused-ring (bicyclic) bond motifs is 1. The highest BCUT2D eigenvalue weighted by atomic mass is 19.1. The molecule has 0 radical (unpaired) electrons. The van der Waals surface area contributed by atoms with Crippen LogP contribution in [0.1, 0.15) is 62.1 Å². The number of carbonyl (C=O) groups is 1. The second-order valence-corrected chi connectivity index (χ2v) is 9.04. The minimum absolute atomic E-state index is 0.0247. The number of carboxylic acids is 1. The molecule has 0 amide bonds. The van der Waals surface area contributed by atoms with E-state index >= 15 is 4.39 Å². The summed E-state index contributed by atoms with van der Waals surface area (Å²) >= 11 is 0. The number of nitrogens with zero attached hydrogens (tertiary/aromatic N) is 4. The zero-order valence-electron chi connectivity index (χ0n) is 19.7. The molecular formula is C25H30F2N4O3. The van der Waals surface area contributed by atoms with Crippen molar-refractivity contribution in [2.75, 3.05) is 31.2 Å². The minimum Gasteiger partial charge on any atom is -0.477 e. The van der Waals surface area contributed by atoms with Gasteiger partial charge in [0.05, 0.1) is 22.5 Å². The van der Waals surface area contributed by atoms with E-state index in [1.165, 1.54) is 12.1 Å². The molecule has 34 heavy (non-hydrogen) atoms. The minimum atomic E-state index is -1.30. The first kappa shape index (κ1) is 24.1. The molecule has 1 saturated heterocycles. The number of benzene rings is 1. The number of hydrogen-bond donors (Lipinski definition) is 1. The number of piperidine rings is 1. The van der Waals surface area contributed by atoms with Crippen molar-refractivity contribution >= 4 is 22.7 Å². The predicted molar refractivity (Wildman–Crippen MR) is 126 cm³/mol. The van der Waals surface area contributed by atoms with Crippen molar-refractivity contribution in [2.45, 2.75) is 51.6 Å². The molecule has 0 spiro atoms. The van der Waals surface area contributed by atoms with Crippen molar-refractivity contribution < 1.29 is 23.4 Å². The van der Waals surface area contributed by atoms with Crippen LogP contribution in [0.5, 0.6) is 0 Å². The molecule has 182 valence electrons. The molecule has 1 N–H and O–H groups in total. The third-order valence-electron chi connectivity index (χ3n) is 6.38. The standard InChI is InChI=1S/C25H30F2N4O3/c1-4-34-14-11-25(27)9-12-30(13-10-25)20-15-19(24(32)33)28-23-21(20)22(16(2)3)29-31(23)18-7-5-17(26)6-8-18/h5-8,15-16H,4,9-14H2,1-3H3,(H,32,33). The van der Waals surface area contributed by atoms with Crippen LogP contribution < -0.4 is 4.90 Å². The second-order valence-electron chi connectivity index (χ2n) is 9.04. The number of aromatic carboxylic acids is 1. The van der Waals surface area contributed by atoms with Gasteiger partial charge >= 0.3 is 5.97 Å². The first-order valence-electron chi connectivity index (χ1n) is 11.7. The Balaban J connectivity index is 1.79. The molecule has 9 heteroatoms. The molecule has 1 fully saturated rings. The summed E-state index contributed by atoms with van der Waals surface area (Å²) in [6, 6.07) is 7.37. The maximum Gasteiger partial charge on any atom is 0.354 e. The molecule has 0 aliphatic carbocycles. The fraction of sp³-hybridized carbons (Fsp3) is 0.480. The summed E-state index contributed by atoms with van der Waals surface area (Å²) in [4.78, 5) is 18.4. The Labute approximate surface area is 197 Å². The fourth-order valence-electron chi connectivity index (χ4n) is 4.45. The SMILES string of the molecule is CCOCCC1(F)CCN(c2cc(C(=O)O)nc3c2c(C(C)C)nn3-c2ccc(F)cc2)CC1. The van der Waals surface area contributed by atoms with Crippen LogP contribution in [0.15, 0.2) is 30.3 Å². The highest BCUT2D eigenvalue weighted by Gasteiger charge is 2.35. The van der Waals surface area contributed by atoms with Crippen LogP contribution in [0.25, 0.3) is 16.7 Å². The third kappa shape index (κ3) is 4.75. The van der Waals surface area contributed by atoms with Crippen LogP contribution in [0.2, 0.25) is 0 Å². The van der Waals surface area contributed by atoms with Crippen molar-refractivity contribution in [3.05, 3.63) is 47.5 Å². The van der Waals surface area contributed by atoms with Gasteiger partial charge in [-0.2, -0.15) is 5.10 Å². The molecule has 3 aromatic rings. The lowest BCUT2D eigenvalue weighted by Crippen LogP contribution is -2.42. The molecule has 2 aromatic heterocycles. The van der Waals surface area contributed by atoms with E-state index < -0.39 is 11.6 Å². The summed E-state index contributed by atoms with van der Waals surface area (Å²) in [5.74, 6) is -1.51. The zero-order chi connectivity index (χ0) is 24.5. The van der Waals surface area contributed by atoms with Gasteiger partial charge in [-0.1, -0.05) is 13.8 Å². The number of ether oxygens (including phenoxy) is 1. The van der Waals surface area contributed by atoms with Crippen molar-refractivity contribution in [3.8, 4) is 5.69 Å². The summed E-state index contributed by atoms with van der Waals surface area (Å²) < 4.78 is 35.7. The summed E-state index contributed by atoms with van der Waals surface area (Å²) in [7, 11) is 0. The number of aromatic nitrogens is 3. The largest absolute Gasteiger partial charge is 0.477 e. The lowest BCUT2D eigenvalue weighted by molar-refractivity contribution is 0.0562. The normalized spacial score (nSPS) is 15.9. The van der Waals surface area contributed by atoms with E-state index in [1.807, 2.05) is 25.7 Å². The zero-order valence-corrected chi connectivity index (χ0v) is 19.7. The van der Waals surface area contributed by atoms with Crippen LogP contribution in [0, 0.1) is 5.82 Å². The van der Waals surface area contributed by atoms with E-state index in [1.54, 1.807) is 22.9 Å². The fourth-order valence-corrected chi connectivity index (χ4v) is 4.45. The van der Waals surface area contributed by atoms with Crippen LogP contribution in [-0.2, 0) is 4.74 Å². The maximum atomic E-state index is 15.3. The first-order chi connectivity index (χ1) is 16.2. The van der Waals surface area contributed by atoms with Gasteiger partial charge in [0.1, 0.15) is 11.5 Å². The number of alkyl halides is 1. The molecular weight excluding hydrogens is 442 g/mol. The number of carboxylic acid groups (broad SMARTS) is 1. The number of pyridine rings is 1. The van der Waals surface area contributed by atoms with Crippen molar-refractivity contribution in [3.63, 3.8) is 0 Å². The monoisotopic (exact) mass is 472 g/mol. The van der Waals surface area contributed by atoms with Crippen molar-refractivity contribution in [1.82, 2.24) is 14.8 Å². The summed E-state index contributed by atoms with van der Waals surface area (Å²) in [5.41, 5.74) is 0.996. The maximum absolute atomic E-state index is 15.3. The predicted octanol–water partition coefficient (Wildman–Crippen LogP) is 5.12. The van der Waals surface area contributed by atoms with Crippen LogP contribution in [0.3, 0.4) is 0 Å². The Hall–Kier alpha value is -3.07. The van der Waals surface area contributed by atoms with E-state index in [4.69, 9.17) is 9.84 Å². The molecule has 4 rings (SSSR count). The Kier molecular flexibility index (Phi) is 6.84. The van der Waals surface area contributed by atoms with Crippen molar-refractivity contribution in [2.24, 2.45) is 0 Å². The van der Waals surface area contributed by atoms with E-state index in [2.05, 4.69) is 4.98 Å². The van der Waals surface area contributed by atoms with Gasteiger partial charge in [0.2, 0.25) is 0 Å². The van der Waals surface area contributed by atoms with Gasteiger partial charge in [-0.15, -0.1) is 0 Å². The lowest BCUT2D eigenvalue weighted by Gasteiger charge is -2.38. The summed E-state index contributed by atoms with van der Waals surface area (Å²) in [5, 5.41) is 15.2. The van der Waals surface area contributed by atoms with E-state index in [0.29, 0.717) is 62.6 Å². The summed E-state index contributed by atoms with van der Waals surface area (Å²) in [6.45, 7) is 7.73. The average Bonchev–Trinajstić information content (AvgIpc) is 3.20. The molecule has 0 bridgehead atoms. The van der Waals surface area contributed by atoms with Gasteiger partial charge in [-0.05, 0) is 56.0 Å². The van der Waals surface area contributed by atoms with Crippen LogP contribution in [0.4, 0.5) is 14.5 Å². The van der Waals surface area contributed by atoms with Gasteiger partial charge < -0.3 is 14.7 Å². The summed E-state index contributed by atoms with van der Waals surface area (Å²) in [6.07, 6.45) is 1.01. The number of anilines is 1. The van der Waals surface area contributed by atoms with Gasteiger partial charge in [-0.25, -0.2) is 23.2 Å². The van der Waals surface area contributed by atoms with Crippen LogP contribution in [-0.4, -0.2) is 57.8 Å². The molecule has 1 aliphatic rings. The third-order valence-corrected chi connectivity index (χ3v) is 6.38.